The molecule has 14 nitrogen and oxygen atoms in total. The molecule has 4 aromatic heterocycles. The first-order valence-electron chi connectivity index (χ1n) is 18.5. The van der Waals surface area contributed by atoms with Crippen LogP contribution in [0, 0.1) is 5.92 Å². The van der Waals surface area contributed by atoms with Crippen LogP contribution in [0.25, 0.3) is 0 Å². The van der Waals surface area contributed by atoms with Gasteiger partial charge in [-0.05, 0) is 53.4 Å². The van der Waals surface area contributed by atoms with E-state index in [1.807, 2.05) is 86.2 Å². The minimum absolute atomic E-state index is 0.428. The maximum Gasteiger partial charge on any atom is 0.137 e. The van der Waals surface area contributed by atoms with E-state index >= 15 is 0 Å². The van der Waals surface area contributed by atoms with Crippen LogP contribution in [-0.4, -0.2) is 71.9 Å². The van der Waals surface area contributed by atoms with Gasteiger partial charge >= 0.3 is 0 Å². The topological polar surface area (TPSA) is 158 Å². The van der Waals surface area contributed by atoms with E-state index in [-0.39, 0.29) is 0 Å². The summed E-state index contributed by atoms with van der Waals surface area (Å²) in [6.07, 6.45) is 14.8. The second-order valence-electron chi connectivity index (χ2n) is 10.2. The summed E-state index contributed by atoms with van der Waals surface area (Å²) in [6, 6.07) is 1.33. The van der Waals surface area contributed by atoms with Gasteiger partial charge in [-0.1, -0.05) is 102 Å². The highest BCUT2D eigenvalue weighted by Gasteiger charge is 2.05. The van der Waals surface area contributed by atoms with Gasteiger partial charge in [-0.25, -0.2) is 4.98 Å². The Balaban J connectivity index is -0.000000158. The van der Waals surface area contributed by atoms with Crippen LogP contribution in [0.4, 0.5) is 0 Å². The fraction of sp³-hybridized carbons (Fsp3) is 0.722. The van der Waals surface area contributed by atoms with E-state index in [0.717, 1.165) is 12.1 Å². The van der Waals surface area contributed by atoms with Crippen LogP contribution >= 0.6 is 0 Å². The van der Waals surface area contributed by atoms with Gasteiger partial charge in [-0.2, -0.15) is 30.7 Å². The highest BCUT2D eigenvalue weighted by atomic mass is 15.4. The molecule has 0 saturated heterocycles. The van der Waals surface area contributed by atoms with Crippen molar-refractivity contribution in [1.29, 1.82) is 0 Å². The molecule has 0 atom stereocenters. The van der Waals surface area contributed by atoms with Crippen LogP contribution in [-0.2, 0) is 0 Å². The van der Waals surface area contributed by atoms with Gasteiger partial charge in [0.05, 0.1) is 18.1 Å². The van der Waals surface area contributed by atoms with E-state index in [1.54, 1.807) is 47.1 Å². The van der Waals surface area contributed by atoms with Crippen LogP contribution < -0.4 is 0 Å². The molecule has 1 aliphatic heterocycles. The highest BCUT2D eigenvalue weighted by molar-refractivity contribution is 5.99. The summed E-state index contributed by atoms with van der Waals surface area (Å²) in [7, 11) is 0. The molecule has 0 unspecified atom stereocenters. The molecule has 0 aliphatic carbocycles. The van der Waals surface area contributed by atoms with Crippen molar-refractivity contribution < 1.29 is 0 Å². The molecule has 14 heteroatoms. The molecule has 0 radical (unpaired) electrons. The first-order valence-corrected chi connectivity index (χ1v) is 18.5. The van der Waals surface area contributed by atoms with Crippen LogP contribution in [0.5, 0.6) is 0 Å². The minimum atomic E-state index is 0.428. The van der Waals surface area contributed by atoms with Crippen molar-refractivity contribution in [1.82, 2.24) is 59.9 Å². The van der Waals surface area contributed by atoms with Gasteiger partial charge in [0, 0.05) is 42.7 Å². The molecule has 5 rings (SSSR count). The van der Waals surface area contributed by atoms with Crippen LogP contribution in [0.1, 0.15) is 175 Å². The Morgan fingerprint density at radius 3 is 1.38 bits per heavy atom. The lowest BCUT2D eigenvalue weighted by Crippen LogP contribution is -2.03. The molecule has 0 spiro atoms. The molecule has 0 saturated carbocycles. The lowest BCUT2D eigenvalue weighted by molar-refractivity contribution is 0.514. The third kappa shape index (κ3) is 31.2. The summed E-state index contributed by atoms with van der Waals surface area (Å²) in [5.74, 6) is 1.05. The highest BCUT2D eigenvalue weighted by Crippen LogP contribution is 2.06. The van der Waals surface area contributed by atoms with Crippen molar-refractivity contribution in [2.45, 2.75) is 169 Å². The maximum atomic E-state index is 3.92. The number of rotatable bonds is 5. The number of hydrogen-bond donors (Lipinski definition) is 1. The van der Waals surface area contributed by atoms with Crippen LogP contribution in [0.15, 0.2) is 54.1 Å². The zero-order valence-corrected chi connectivity index (χ0v) is 35.5. The Labute approximate surface area is 306 Å². The SMILES string of the molecule is CC.CC.CC.CC.CC.CC(C)C1=NN=CC1.CC(C)c1cn[nH]n1.CC(C)n1ccnn1.CC(C)n1cncn1.CC(C)n1cnnc1. The van der Waals surface area contributed by atoms with Crippen molar-refractivity contribution in [2.24, 2.45) is 16.1 Å². The molecule has 0 aromatic carbocycles. The second-order valence-corrected chi connectivity index (χ2v) is 10.2. The Kier molecular flexibility index (Phi) is 45.4. The van der Waals surface area contributed by atoms with Crippen LogP contribution in [0.2, 0.25) is 0 Å². The fourth-order valence-corrected chi connectivity index (χ4v) is 2.58. The number of hydrogen-bond acceptors (Lipinski definition) is 10. The predicted molar refractivity (Wildman–Crippen MR) is 214 cm³/mol. The first kappa shape index (κ1) is 55.3. The Morgan fingerprint density at radius 2 is 1.18 bits per heavy atom. The van der Waals surface area contributed by atoms with E-state index in [4.69, 9.17) is 0 Å². The number of aromatic nitrogens is 12. The van der Waals surface area contributed by atoms with Gasteiger partial charge in [0.15, 0.2) is 0 Å². The number of aromatic amines is 1. The first-order chi connectivity index (χ1) is 24.0. The zero-order chi connectivity index (χ0) is 39.9. The molecule has 50 heavy (non-hydrogen) atoms. The van der Waals surface area contributed by atoms with Gasteiger partial charge in [0.25, 0.3) is 0 Å². The summed E-state index contributed by atoms with van der Waals surface area (Å²) in [5.41, 5.74) is 2.22. The maximum absolute atomic E-state index is 3.92. The molecule has 0 bridgehead atoms. The number of nitrogens with zero attached hydrogens (tertiary/aromatic N) is 13. The van der Waals surface area contributed by atoms with E-state index in [2.05, 4.69) is 125 Å². The van der Waals surface area contributed by atoms with Gasteiger partial charge in [-0.3, -0.25) is 9.36 Å². The van der Waals surface area contributed by atoms with Crippen LogP contribution in [0.3, 0.4) is 0 Å². The quantitative estimate of drug-likeness (QED) is 0.215. The molecule has 1 N–H and O–H groups in total. The molecule has 5 heterocycles. The van der Waals surface area contributed by atoms with Crippen molar-refractivity contribution in [3.8, 4) is 0 Å². The van der Waals surface area contributed by atoms with Crippen molar-refractivity contribution in [3.05, 3.63) is 49.6 Å². The summed E-state index contributed by atoms with van der Waals surface area (Å²) in [5, 5.41) is 36.4. The smallest absolute Gasteiger partial charge is 0.137 e. The van der Waals surface area contributed by atoms with E-state index in [9.17, 15) is 0 Å². The third-order valence-electron chi connectivity index (χ3n) is 5.23. The Morgan fingerprint density at radius 1 is 0.640 bits per heavy atom. The molecule has 4 aromatic rings. The summed E-state index contributed by atoms with van der Waals surface area (Å²) >= 11 is 0. The standard InChI is InChI=1S/C6H10N2.4C5H9N3.5C2H6/c1-5(2)6-3-4-7-8-6;1-5(2)8-3-6-7-4-8;1-5(2)8-4-6-3-7-8;1-5(2)8-4-3-6-7-8;1-4(2)5-3-6-8-7-5;5*1-2/h4-5H,3H2,1-2H3;3*3-5H,1-2H3;3-4H,1-2H3,(H,6,7,8);5*1-2H3. The van der Waals surface area contributed by atoms with Gasteiger partial charge in [0.2, 0.25) is 0 Å². The minimum Gasteiger partial charge on any atom is -0.318 e. The lowest BCUT2D eigenvalue weighted by Gasteiger charge is -2.01. The molecular formula is C36H76N14. The Bertz CT molecular complexity index is 991. The average molecular weight is 705 g/mol. The Hall–Kier alpha value is -4.10. The second kappa shape index (κ2) is 41.1. The monoisotopic (exact) mass is 705 g/mol. The van der Waals surface area contributed by atoms with Crippen molar-refractivity contribution in [2.75, 3.05) is 0 Å². The molecule has 0 amide bonds. The van der Waals surface area contributed by atoms with Gasteiger partial charge < -0.3 is 4.57 Å². The number of nitrogens with one attached hydrogen (secondary N) is 1. The van der Waals surface area contributed by atoms with Gasteiger partial charge in [-0.15, -0.1) is 15.3 Å². The fourth-order valence-electron chi connectivity index (χ4n) is 2.58. The van der Waals surface area contributed by atoms with Gasteiger partial charge in [0.1, 0.15) is 25.3 Å². The normalized spacial score (nSPS) is 10.1. The largest absolute Gasteiger partial charge is 0.318 e. The van der Waals surface area contributed by atoms with E-state index in [0.29, 0.717) is 30.0 Å². The zero-order valence-electron chi connectivity index (χ0n) is 35.5. The summed E-state index contributed by atoms with van der Waals surface area (Å²) in [6.45, 7) is 40.9. The lowest BCUT2D eigenvalue weighted by atomic mass is 10.1. The molecular weight excluding hydrogens is 628 g/mol. The summed E-state index contributed by atoms with van der Waals surface area (Å²) < 4.78 is 5.56. The van der Waals surface area contributed by atoms with E-state index in [1.165, 1.54) is 5.71 Å². The summed E-state index contributed by atoms with van der Waals surface area (Å²) in [4.78, 5) is 3.80. The molecule has 0 fully saturated rings. The third-order valence-corrected chi connectivity index (χ3v) is 5.23. The van der Waals surface area contributed by atoms with E-state index < -0.39 is 0 Å². The number of H-pyrrole nitrogens is 1. The predicted octanol–water partition coefficient (Wildman–Crippen LogP) is 10.1. The van der Waals surface area contributed by atoms with Crippen molar-refractivity contribution >= 4 is 11.9 Å². The average Bonchev–Trinajstić information content (AvgIpc) is 4.00. The van der Waals surface area contributed by atoms with Crippen molar-refractivity contribution in [3.63, 3.8) is 0 Å². The molecule has 1 aliphatic rings. The molecule has 290 valence electrons.